The van der Waals surface area contributed by atoms with Gasteiger partial charge in [0.1, 0.15) is 17.1 Å². The van der Waals surface area contributed by atoms with Crippen molar-refractivity contribution in [3.8, 4) is 39.6 Å². The molecular formula is C24H23NO6. The first kappa shape index (κ1) is 20.7. The van der Waals surface area contributed by atoms with Crippen molar-refractivity contribution in [2.45, 2.75) is 33.6 Å². The minimum Gasteiger partial charge on any atom is -0.507 e. The van der Waals surface area contributed by atoms with Crippen molar-refractivity contribution < 1.29 is 24.2 Å². The zero-order valence-electron chi connectivity index (χ0n) is 17.8. The molecule has 31 heavy (non-hydrogen) atoms. The van der Waals surface area contributed by atoms with Crippen LogP contribution in [0.2, 0.25) is 0 Å². The first-order valence-corrected chi connectivity index (χ1v) is 9.89. The van der Waals surface area contributed by atoms with Gasteiger partial charge in [-0.2, -0.15) is 0 Å². The summed E-state index contributed by atoms with van der Waals surface area (Å²) in [4.78, 5) is 30.2. The van der Waals surface area contributed by atoms with Gasteiger partial charge in [-0.05, 0) is 30.9 Å². The highest BCUT2D eigenvalue weighted by molar-refractivity contribution is 6.06. The average molecular weight is 421 g/mol. The predicted octanol–water partition coefficient (Wildman–Crippen LogP) is 4.25. The van der Waals surface area contributed by atoms with Crippen LogP contribution in [-0.2, 0) is 6.42 Å². The van der Waals surface area contributed by atoms with E-state index in [-0.39, 0.29) is 45.5 Å². The molecule has 3 aromatic rings. The number of ether oxygens (including phenoxy) is 1. The number of phenolic OH excluding ortho intramolecular Hbond substituents is 1. The number of fused-ring (bicyclic) bond motifs is 1. The van der Waals surface area contributed by atoms with Crippen LogP contribution in [0.25, 0.3) is 22.4 Å². The molecule has 0 bridgehead atoms. The molecule has 0 fully saturated rings. The van der Waals surface area contributed by atoms with Gasteiger partial charge < -0.3 is 19.4 Å². The number of methoxy groups -OCH3 is 1. The highest BCUT2D eigenvalue weighted by atomic mass is 16.5. The van der Waals surface area contributed by atoms with E-state index in [1.54, 1.807) is 25.1 Å². The van der Waals surface area contributed by atoms with Crippen molar-refractivity contribution in [3.63, 3.8) is 0 Å². The van der Waals surface area contributed by atoms with E-state index >= 15 is 0 Å². The summed E-state index contributed by atoms with van der Waals surface area (Å²) in [6.07, 6.45) is 0.828. The van der Waals surface area contributed by atoms with Crippen molar-refractivity contribution >= 4 is 5.78 Å². The van der Waals surface area contributed by atoms with Gasteiger partial charge in [0.2, 0.25) is 0 Å². The number of hydrogen-bond donors (Lipinski definition) is 2. The maximum atomic E-state index is 13.1. The van der Waals surface area contributed by atoms with Crippen LogP contribution in [0.1, 0.15) is 42.1 Å². The number of phenols is 1. The Morgan fingerprint density at radius 2 is 1.81 bits per heavy atom. The van der Waals surface area contributed by atoms with Crippen LogP contribution in [0.15, 0.2) is 39.5 Å². The fourth-order valence-corrected chi connectivity index (χ4v) is 4.15. The summed E-state index contributed by atoms with van der Waals surface area (Å²) in [7, 11) is 1.44. The molecule has 0 aliphatic heterocycles. The molecule has 0 spiro atoms. The monoisotopic (exact) mass is 421 g/mol. The number of carbonyl (C=O) groups is 1. The van der Waals surface area contributed by atoms with Crippen LogP contribution >= 0.6 is 0 Å². The lowest BCUT2D eigenvalue weighted by Gasteiger charge is -2.31. The Labute approximate surface area is 179 Å². The Morgan fingerprint density at radius 1 is 1.06 bits per heavy atom. The minimum atomic E-state index is -0.729. The number of aryl methyl sites for hydroxylation is 1. The summed E-state index contributed by atoms with van der Waals surface area (Å²) in [5.41, 5.74) is 0.758. The topological polar surface area (TPSA) is 110 Å². The number of benzene rings is 1. The molecule has 0 atom stereocenters. The number of rotatable bonds is 3. The van der Waals surface area contributed by atoms with E-state index in [0.29, 0.717) is 35.2 Å². The molecule has 7 heteroatoms. The fourth-order valence-electron chi connectivity index (χ4n) is 4.15. The molecule has 7 nitrogen and oxygen atoms in total. The first-order valence-electron chi connectivity index (χ1n) is 9.89. The number of Topliss-reactive ketones (excluding diaryl/α,β-unsaturated/α-hetero) is 1. The van der Waals surface area contributed by atoms with E-state index < -0.39 is 5.63 Å². The molecule has 0 amide bonds. The second-order valence-corrected chi connectivity index (χ2v) is 8.58. The van der Waals surface area contributed by atoms with E-state index in [1.165, 1.54) is 19.2 Å². The van der Waals surface area contributed by atoms with Gasteiger partial charge in [-0.1, -0.05) is 26.0 Å². The van der Waals surface area contributed by atoms with Crippen LogP contribution in [0.4, 0.5) is 0 Å². The lowest BCUT2D eigenvalue weighted by molar-refractivity contribution is 0.0911. The third-order valence-electron chi connectivity index (χ3n) is 5.48. The third-order valence-corrected chi connectivity index (χ3v) is 5.48. The molecule has 2 heterocycles. The Hall–Kier alpha value is -3.61. The number of para-hydroxylation sites is 1. The number of carbonyl (C=O) groups excluding carboxylic acids is 1. The van der Waals surface area contributed by atoms with Gasteiger partial charge in [0.05, 0.1) is 18.5 Å². The Kier molecular flexibility index (Phi) is 4.84. The second-order valence-electron chi connectivity index (χ2n) is 8.58. The largest absolute Gasteiger partial charge is 0.507 e. The van der Waals surface area contributed by atoms with Crippen LogP contribution in [0.5, 0.6) is 17.2 Å². The summed E-state index contributed by atoms with van der Waals surface area (Å²) in [5, 5.41) is 21.2. The minimum absolute atomic E-state index is 0.0899. The van der Waals surface area contributed by atoms with Gasteiger partial charge in [-0.15, -0.1) is 0 Å². The van der Waals surface area contributed by atoms with E-state index in [4.69, 9.17) is 9.15 Å². The van der Waals surface area contributed by atoms with E-state index in [9.17, 15) is 19.8 Å². The Bertz CT molecular complexity index is 1270. The number of nitrogens with zero attached hydrogens (tertiary/aromatic N) is 1. The molecular weight excluding hydrogens is 398 g/mol. The molecule has 1 aromatic carbocycles. The van der Waals surface area contributed by atoms with Gasteiger partial charge in [-0.3, -0.25) is 9.78 Å². The fraction of sp³-hybridized carbons (Fsp3) is 0.292. The number of aromatic hydroxyl groups is 2. The zero-order chi connectivity index (χ0) is 22.5. The number of hydrogen-bond acceptors (Lipinski definition) is 7. The summed E-state index contributed by atoms with van der Waals surface area (Å²) in [6, 6.07) is 7.86. The van der Waals surface area contributed by atoms with E-state index in [0.717, 1.165) is 0 Å². The summed E-state index contributed by atoms with van der Waals surface area (Å²) >= 11 is 0. The highest BCUT2D eigenvalue weighted by Gasteiger charge is 2.35. The molecule has 1 aliphatic carbocycles. The molecule has 0 radical (unpaired) electrons. The molecule has 0 saturated heterocycles. The maximum Gasteiger partial charge on any atom is 0.349 e. The molecule has 0 saturated carbocycles. The lowest BCUT2D eigenvalue weighted by atomic mass is 9.73. The average Bonchev–Trinajstić information content (AvgIpc) is 2.65. The molecule has 0 unspecified atom stereocenters. The van der Waals surface area contributed by atoms with Gasteiger partial charge in [0.15, 0.2) is 17.3 Å². The highest BCUT2D eigenvalue weighted by Crippen LogP contribution is 2.44. The normalized spacial score (nSPS) is 14.9. The molecule has 2 aromatic heterocycles. The molecule has 4 rings (SSSR count). The van der Waals surface area contributed by atoms with E-state index in [1.807, 2.05) is 13.8 Å². The van der Waals surface area contributed by atoms with Crippen LogP contribution in [0.3, 0.4) is 0 Å². The smallest absolute Gasteiger partial charge is 0.349 e. The predicted molar refractivity (Wildman–Crippen MR) is 115 cm³/mol. The lowest BCUT2D eigenvalue weighted by Crippen LogP contribution is -2.28. The standard InChI is InChI=1S/C24H23NO6/c1-12-8-17(26)21(23(29)31-12)15-9-14(13-6-5-7-19(30-4)22(13)28)20-16(25-15)10-24(2,3)11-18(20)27/h5-9,26,28H,10-11H2,1-4H3. The summed E-state index contributed by atoms with van der Waals surface area (Å²) in [6.45, 7) is 5.51. The molecule has 1 aliphatic rings. The van der Waals surface area contributed by atoms with Crippen LogP contribution < -0.4 is 10.4 Å². The van der Waals surface area contributed by atoms with Crippen LogP contribution in [-0.4, -0.2) is 28.1 Å². The summed E-state index contributed by atoms with van der Waals surface area (Å²) in [5.74, 6) is 0.0466. The van der Waals surface area contributed by atoms with Crippen molar-refractivity contribution in [3.05, 3.63) is 57.8 Å². The number of aromatic nitrogens is 1. The Morgan fingerprint density at radius 3 is 2.48 bits per heavy atom. The van der Waals surface area contributed by atoms with E-state index in [2.05, 4.69) is 4.98 Å². The molecule has 2 N–H and O–H groups in total. The van der Waals surface area contributed by atoms with Crippen molar-refractivity contribution in [2.24, 2.45) is 5.41 Å². The van der Waals surface area contributed by atoms with Crippen molar-refractivity contribution in [2.75, 3.05) is 7.11 Å². The van der Waals surface area contributed by atoms with Gasteiger partial charge in [-0.25, -0.2) is 4.79 Å². The maximum absolute atomic E-state index is 13.1. The van der Waals surface area contributed by atoms with Gasteiger partial charge in [0.25, 0.3) is 0 Å². The summed E-state index contributed by atoms with van der Waals surface area (Å²) < 4.78 is 10.4. The van der Waals surface area contributed by atoms with Gasteiger partial charge >= 0.3 is 5.63 Å². The first-order chi connectivity index (χ1) is 14.6. The third kappa shape index (κ3) is 3.56. The van der Waals surface area contributed by atoms with Crippen LogP contribution in [0, 0.1) is 12.3 Å². The zero-order valence-corrected chi connectivity index (χ0v) is 17.8. The second kappa shape index (κ2) is 7.27. The quantitative estimate of drug-likeness (QED) is 0.650. The SMILES string of the molecule is COc1cccc(-c2cc(-c3c(O)cc(C)oc3=O)nc3c2C(=O)CC(C)(C)C3)c1O. The number of ketones is 1. The molecule has 160 valence electrons. The van der Waals surface area contributed by atoms with Gasteiger partial charge in [0, 0.05) is 29.2 Å². The van der Waals surface area contributed by atoms with Crippen molar-refractivity contribution in [1.82, 2.24) is 4.98 Å². The number of pyridine rings is 1. The van der Waals surface area contributed by atoms with Crippen molar-refractivity contribution in [1.29, 1.82) is 0 Å². The Balaban J connectivity index is 2.07.